The molecule has 1 aromatic rings. The van der Waals surface area contributed by atoms with Gasteiger partial charge in [-0.2, -0.15) is 0 Å². The number of rotatable bonds is 4. The number of carbonyl (C=O) groups excluding carboxylic acids is 1. The largest absolute Gasteiger partial charge is 0.443 e. The quantitative estimate of drug-likeness (QED) is 0.835. The Morgan fingerprint density at radius 2 is 2.53 bits per heavy atom. The zero-order valence-corrected chi connectivity index (χ0v) is 9.20. The molecule has 0 bridgehead atoms. The standard InChI is InChI=1S/C10H14N2O2S/c11-6-8-7-12(10(13)14-8)4-3-9-2-1-5-15-9/h1-2,5,8H,3-4,6-7,11H2. The highest BCUT2D eigenvalue weighted by Gasteiger charge is 2.29. The first-order valence-electron chi connectivity index (χ1n) is 4.97. The molecule has 1 aromatic heterocycles. The van der Waals surface area contributed by atoms with Crippen LogP contribution in [0.3, 0.4) is 0 Å². The monoisotopic (exact) mass is 226 g/mol. The van der Waals surface area contributed by atoms with E-state index in [0.717, 1.165) is 13.0 Å². The Morgan fingerprint density at radius 3 is 3.13 bits per heavy atom. The lowest BCUT2D eigenvalue weighted by atomic mass is 10.3. The Balaban J connectivity index is 1.83. The van der Waals surface area contributed by atoms with E-state index in [2.05, 4.69) is 6.07 Å². The Morgan fingerprint density at radius 1 is 1.67 bits per heavy atom. The second-order valence-electron chi connectivity index (χ2n) is 3.52. The summed E-state index contributed by atoms with van der Waals surface area (Å²) in [5, 5.41) is 2.04. The van der Waals surface area contributed by atoms with Crippen LogP contribution in [0.1, 0.15) is 4.88 Å². The number of nitrogens with zero attached hydrogens (tertiary/aromatic N) is 1. The molecular formula is C10H14N2O2S. The van der Waals surface area contributed by atoms with Crippen molar-refractivity contribution in [3.63, 3.8) is 0 Å². The average Bonchev–Trinajstić information content (AvgIpc) is 2.84. The highest BCUT2D eigenvalue weighted by Crippen LogP contribution is 2.14. The molecule has 82 valence electrons. The molecule has 0 saturated carbocycles. The molecule has 4 nitrogen and oxygen atoms in total. The van der Waals surface area contributed by atoms with Crippen LogP contribution in [0.15, 0.2) is 17.5 Å². The van der Waals surface area contributed by atoms with E-state index in [-0.39, 0.29) is 12.2 Å². The Bertz CT molecular complexity index is 326. The summed E-state index contributed by atoms with van der Waals surface area (Å²) in [6, 6.07) is 4.09. The first-order valence-corrected chi connectivity index (χ1v) is 5.85. The van der Waals surface area contributed by atoms with E-state index in [1.165, 1.54) is 4.88 Å². The van der Waals surface area contributed by atoms with Crippen molar-refractivity contribution in [3.8, 4) is 0 Å². The molecule has 0 aromatic carbocycles. The van der Waals surface area contributed by atoms with E-state index in [0.29, 0.717) is 13.1 Å². The smallest absolute Gasteiger partial charge is 0.410 e. The van der Waals surface area contributed by atoms with Gasteiger partial charge in [0.05, 0.1) is 6.54 Å². The van der Waals surface area contributed by atoms with Crippen LogP contribution >= 0.6 is 11.3 Å². The van der Waals surface area contributed by atoms with Crippen LogP contribution in [0, 0.1) is 0 Å². The summed E-state index contributed by atoms with van der Waals surface area (Å²) in [5.74, 6) is 0. The molecule has 1 aliphatic heterocycles. The highest BCUT2D eigenvalue weighted by atomic mass is 32.1. The van der Waals surface area contributed by atoms with Gasteiger partial charge in [0.15, 0.2) is 0 Å². The van der Waals surface area contributed by atoms with Crippen molar-refractivity contribution < 1.29 is 9.53 Å². The molecular weight excluding hydrogens is 212 g/mol. The lowest BCUT2D eigenvalue weighted by molar-refractivity contribution is 0.135. The molecule has 1 amide bonds. The normalized spacial score (nSPS) is 20.7. The number of hydrogen-bond acceptors (Lipinski definition) is 4. The van der Waals surface area contributed by atoms with Crippen LogP contribution in [-0.2, 0) is 11.2 Å². The topological polar surface area (TPSA) is 55.6 Å². The van der Waals surface area contributed by atoms with Gasteiger partial charge in [0.25, 0.3) is 0 Å². The van der Waals surface area contributed by atoms with Gasteiger partial charge in [-0.25, -0.2) is 4.79 Å². The number of ether oxygens (including phenoxy) is 1. The summed E-state index contributed by atoms with van der Waals surface area (Å²) in [6.45, 7) is 1.75. The summed E-state index contributed by atoms with van der Waals surface area (Å²) in [5.41, 5.74) is 5.45. The van der Waals surface area contributed by atoms with Crippen molar-refractivity contribution in [3.05, 3.63) is 22.4 Å². The summed E-state index contributed by atoms with van der Waals surface area (Å²) >= 11 is 1.71. The summed E-state index contributed by atoms with van der Waals surface area (Å²) in [4.78, 5) is 14.4. The first-order chi connectivity index (χ1) is 7.29. The van der Waals surface area contributed by atoms with Crippen LogP contribution in [0.25, 0.3) is 0 Å². The molecule has 2 rings (SSSR count). The number of cyclic esters (lactones) is 1. The molecule has 1 saturated heterocycles. The van der Waals surface area contributed by atoms with Crippen LogP contribution < -0.4 is 5.73 Å². The van der Waals surface area contributed by atoms with Gasteiger partial charge in [-0.1, -0.05) is 6.07 Å². The SMILES string of the molecule is NCC1CN(CCc2cccs2)C(=O)O1. The zero-order valence-electron chi connectivity index (χ0n) is 8.39. The molecule has 0 radical (unpaired) electrons. The first kappa shape index (κ1) is 10.4. The van der Waals surface area contributed by atoms with Crippen LogP contribution in [0.5, 0.6) is 0 Å². The molecule has 1 unspecified atom stereocenters. The van der Waals surface area contributed by atoms with Gasteiger partial charge in [-0.05, 0) is 17.9 Å². The number of carbonyl (C=O) groups is 1. The van der Waals surface area contributed by atoms with Crippen molar-refractivity contribution in [1.82, 2.24) is 4.90 Å². The van der Waals surface area contributed by atoms with E-state index in [9.17, 15) is 4.79 Å². The van der Waals surface area contributed by atoms with Crippen molar-refractivity contribution in [2.45, 2.75) is 12.5 Å². The maximum Gasteiger partial charge on any atom is 0.410 e. The van der Waals surface area contributed by atoms with Crippen molar-refractivity contribution in [2.75, 3.05) is 19.6 Å². The van der Waals surface area contributed by atoms with Gasteiger partial charge >= 0.3 is 6.09 Å². The molecule has 2 heterocycles. The summed E-state index contributed by atoms with van der Waals surface area (Å²) < 4.78 is 5.06. The number of thiophene rings is 1. The minimum absolute atomic E-state index is 0.124. The summed E-state index contributed by atoms with van der Waals surface area (Å²) in [7, 11) is 0. The van der Waals surface area contributed by atoms with Crippen molar-refractivity contribution >= 4 is 17.4 Å². The zero-order chi connectivity index (χ0) is 10.7. The van der Waals surface area contributed by atoms with Crippen molar-refractivity contribution in [2.24, 2.45) is 5.73 Å². The Kier molecular flexibility index (Phi) is 3.23. The Hall–Kier alpha value is -1.07. The highest BCUT2D eigenvalue weighted by molar-refractivity contribution is 7.09. The molecule has 1 fully saturated rings. The minimum atomic E-state index is -0.234. The maximum absolute atomic E-state index is 11.4. The fourth-order valence-corrected chi connectivity index (χ4v) is 2.28. The maximum atomic E-state index is 11.4. The number of hydrogen-bond donors (Lipinski definition) is 1. The molecule has 5 heteroatoms. The number of nitrogens with two attached hydrogens (primary N) is 1. The second-order valence-corrected chi connectivity index (χ2v) is 4.55. The minimum Gasteiger partial charge on any atom is -0.443 e. The summed E-state index contributed by atoms with van der Waals surface area (Å²) in [6.07, 6.45) is 0.534. The van der Waals surface area contributed by atoms with Gasteiger partial charge in [0.2, 0.25) is 0 Å². The molecule has 15 heavy (non-hydrogen) atoms. The van der Waals surface area contributed by atoms with Gasteiger partial charge < -0.3 is 15.4 Å². The van der Waals surface area contributed by atoms with E-state index < -0.39 is 0 Å². The lowest BCUT2D eigenvalue weighted by Gasteiger charge is -2.11. The van der Waals surface area contributed by atoms with Gasteiger partial charge in [-0.15, -0.1) is 11.3 Å². The number of amides is 1. The van der Waals surface area contributed by atoms with Crippen LogP contribution in [-0.4, -0.2) is 36.7 Å². The van der Waals surface area contributed by atoms with Crippen LogP contribution in [0.2, 0.25) is 0 Å². The van der Waals surface area contributed by atoms with E-state index >= 15 is 0 Å². The van der Waals surface area contributed by atoms with Crippen molar-refractivity contribution in [1.29, 1.82) is 0 Å². The molecule has 0 spiro atoms. The molecule has 1 aliphatic rings. The third-order valence-electron chi connectivity index (χ3n) is 2.42. The third kappa shape index (κ3) is 2.49. The Labute approximate surface area is 92.6 Å². The second kappa shape index (κ2) is 4.63. The van der Waals surface area contributed by atoms with Crippen LogP contribution in [0.4, 0.5) is 4.79 Å². The molecule has 0 aliphatic carbocycles. The average molecular weight is 226 g/mol. The van der Waals surface area contributed by atoms with Gasteiger partial charge in [0.1, 0.15) is 6.10 Å². The van der Waals surface area contributed by atoms with Gasteiger partial charge in [0, 0.05) is 18.0 Å². The fraction of sp³-hybridized carbons (Fsp3) is 0.500. The predicted molar refractivity (Wildman–Crippen MR) is 58.9 cm³/mol. The predicted octanol–water partition coefficient (Wildman–Crippen LogP) is 1.07. The molecule has 1 atom stereocenters. The van der Waals surface area contributed by atoms with Gasteiger partial charge in [-0.3, -0.25) is 0 Å². The third-order valence-corrected chi connectivity index (χ3v) is 3.36. The van der Waals surface area contributed by atoms with E-state index in [4.69, 9.17) is 10.5 Å². The lowest BCUT2D eigenvalue weighted by Crippen LogP contribution is -2.29. The fourth-order valence-electron chi connectivity index (χ4n) is 1.58. The molecule has 2 N–H and O–H groups in total. The van der Waals surface area contributed by atoms with E-state index in [1.54, 1.807) is 16.2 Å². The van der Waals surface area contributed by atoms with E-state index in [1.807, 2.05) is 11.4 Å².